The van der Waals surface area contributed by atoms with Crippen molar-refractivity contribution < 1.29 is 22.1 Å². The lowest BCUT2D eigenvalue weighted by molar-refractivity contribution is -0.135. The van der Waals surface area contributed by atoms with Gasteiger partial charge in [-0.3, -0.25) is 15.0 Å². The lowest BCUT2D eigenvalue weighted by atomic mass is 9.93. The van der Waals surface area contributed by atoms with E-state index in [1.165, 1.54) is 18.2 Å². The number of azo groups is 2. The number of benzene rings is 3. The highest BCUT2D eigenvalue weighted by atomic mass is 32.2. The van der Waals surface area contributed by atoms with Crippen molar-refractivity contribution >= 4 is 44.6 Å². The van der Waals surface area contributed by atoms with Gasteiger partial charge in [0.2, 0.25) is 0 Å². The molecule has 0 atom stereocenters. The van der Waals surface area contributed by atoms with Gasteiger partial charge in [-0.1, -0.05) is 48.5 Å². The van der Waals surface area contributed by atoms with E-state index in [0.717, 1.165) is 14.2 Å². The van der Waals surface area contributed by atoms with Crippen LogP contribution < -0.4 is 11.2 Å². The molecule has 4 rings (SSSR count). The molecule has 14 heteroatoms. The van der Waals surface area contributed by atoms with Crippen molar-refractivity contribution in [3.05, 3.63) is 108 Å². The summed E-state index contributed by atoms with van der Waals surface area (Å²) in [6.07, 6.45) is 0. The van der Waals surface area contributed by atoms with Gasteiger partial charge >= 0.3 is 5.97 Å². The Labute approximate surface area is 235 Å². The Hall–Kier alpha value is -5.34. The van der Waals surface area contributed by atoms with Gasteiger partial charge in [0, 0.05) is 0 Å². The van der Waals surface area contributed by atoms with Crippen molar-refractivity contribution in [3.63, 3.8) is 0 Å². The molecule has 0 saturated heterocycles. The van der Waals surface area contributed by atoms with E-state index in [2.05, 4.69) is 35.2 Å². The zero-order chi connectivity index (χ0) is 29.4. The normalized spacial score (nSPS) is 15.3. The molecular weight excluding hydrogens is 548 g/mol. The highest BCUT2D eigenvalue weighted by molar-refractivity contribution is 7.87. The largest absolute Gasteiger partial charge is 0.465 e. The number of hydrazone groups is 1. The number of ether oxygens (including phenoxy) is 1. The molecule has 0 spiro atoms. The number of allylic oxidation sites excluding steroid dienone is 1. The van der Waals surface area contributed by atoms with Gasteiger partial charge in [0.25, 0.3) is 10.1 Å². The summed E-state index contributed by atoms with van der Waals surface area (Å²) >= 11 is 0. The molecule has 4 N–H and O–H groups in total. The molecule has 0 bridgehead atoms. The number of nitrogens with one attached hydrogen (secondary N) is 2. The maximum atomic E-state index is 13.0. The van der Waals surface area contributed by atoms with Crippen molar-refractivity contribution in [2.75, 3.05) is 19.6 Å². The highest BCUT2D eigenvalue weighted by Gasteiger charge is 2.36. The van der Waals surface area contributed by atoms with Crippen LogP contribution in [-0.2, 0) is 23.8 Å². The van der Waals surface area contributed by atoms with Crippen molar-refractivity contribution in [1.29, 1.82) is 5.41 Å². The standard InChI is InChI=1S/C27H24N8O5S/c1-39-27(36)21-24(33-30-17-11-5-3-6-12-17)22(28)26(35-31-18-13-7-4-8-14-18)23(29)25(21)34-32-19-15-9-10-16-20(19)41(37,38)40-2/h3-16,29,32H,28H2,1-2H3/b29-23?,33-30+,34-25-,35-31+. The minimum Gasteiger partial charge on any atom is -0.465 e. The minimum atomic E-state index is -4.12. The number of carbonyl (C=O) groups is 1. The van der Waals surface area contributed by atoms with Crippen molar-refractivity contribution in [1.82, 2.24) is 0 Å². The van der Waals surface area contributed by atoms with Crippen LogP contribution in [0.25, 0.3) is 0 Å². The number of para-hydroxylation sites is 1. The van der Waals surface area contributed by atoms with E-state index in [1.807, 2.05) is 0 Å². The molecule has 41 heavy (non-hydrogen) atoms. The zero-order valence-electron chi connectivity index (χ0n) is 21.8. The topological polar surface area (TPSA) is 193 Å². The second kappa shape index (κ2) is 12.7. The fourth-order valence-electron chi connectivity index (χ4n) is 3.53. The first kappa shape index (κ1) is 28.7. The third-order valence-electron chi connectivity index (χ3n) is 5.55. The maximum absolute atomic E-state index is 13.0. The van der Waals surface area contributed by atoms with Crippen molar-refractivity contribution in [3.8, 4) is 0 Å². The molecule has 1 aliphatic rings. The van der Waals surface area contributed by atoms with Gasteiger partial charge in [0.1, 0.15) is 33.3 Å². The summed E-state index contributed by atoms with van der Waals surface area (Å²) < 4.78 is 34.4. The molecule has 13 nitrogen and oxygen atoms in total. The van der Waals surface area contributed by atoms with E-state index >= 15 is 0 Å². The van der Waals surface area contributed by atoms with Crippen LogP contribution >= 0.6 is 0 Å². The molecule has 1 aliphatic carbocycles. The quantitative estimate of drug-likeness (QED) is 0.106. The highest BCUT2D eigenvalue weighted by Crippen LogP contribution is 2.30. The Morgan fingerprint density at radius 3 is 1.90 bits per heavy atom. The van der Waals surface area contributed by atoms with Gasteiger partial charge < -0.3 is 10.5 Å². The van der Waals surface area contributed by atoms with Gasteiger partial charge in [0.15, 0.2) is 0 Å². The molecule has 0 fully saturated rings. The predicted molar refractivity (Wildman–Crippen MR) is 152 cm³/mol. The molecule has 0 amide bonds. The zero-order valence-corrected chi connectivity index (χ0v) is 22.7. The van der Waals surface area contributed by atoms with E-state index in [0.29, 0.717) is 11.4 Å². The second-order valence-corrected chi connectivity index (χ2v) is 9.79. The first-order valence-electron chi connectivity index (χ1n) is 11.9. The number of nitrogens with two attached hydrogens (primary N) is 1. The average Bonchev–Trinajstić information content (AvgIpc) is 3.00. The molecule has 0 heterocycles. The van der Waals surface area contributed by atoms with Crippen LogP contribution in [-0.4, -0.2) is 40.0 Å². The monoisotopic (exact) mass is 572 g/mol. The smallest absolute Gasteiger partial charge is 0.342 e. The number of hydrogen-bond acceptors (Lipinski definition) is 13. The third kappa shape index (κ3) is 6.46. The van der Waals surface area contributed by atoms with Crippen molar-refractivity contribution in [2.24, 2.45) is 31.3 Å². The van der Waals surface area contributed by atoms with Crippen LogP contribution in [0.2, 0.25) is 0 Å². The van der Waals surface area contributed by atoms with Crippen LogP contribution in [0.1, 0.15) is 0 Å². The summed E-state index contributed by atoms with van der Waals surface area (Å²) in [7, 11) is -1.96. The first-order valence-corrected chi connectivity index (χ1v) is 13.3. The number of esters is 1. The second-order valence-electron chi connectivity index (χ2n) is 8.11. The van der Waals surface area contributed by atoms with Gasteiger partial charge in [-0.15, -0.1) is 10.2 Å². The molecule has 0 unspecified atom stereocenters. The van der Waals surface area contributed by atoms with E-state index in [4.69, 9.17) is 15.9 Å². The van der Waals surface area contributed by atoms with Crippen LogP contribution in [0.5, 0.6) is 0 Å². The molecule has 0 saturated carbocycles. The average molecular weight is 573 g/mol. The van der Waals surface area contributed by atoms with Crippen molar-refractivity contribution in [2.45, 2.75) is 4.90 Å². The van der Waals surface area contributed by atoms with Gasteiger partial charge in [0.05, 0.1) is 37.0 Å². The number of nitrogens with zero attached hydrogens (tertiary/aromatic N) is 5. The summed E-state index contributed by atoms with van der Waals surface area (Å²) in [6.45, 7) is 0. The Balaban J connectivity index is 1.90. The third-order valence-corrected chi connectivity index (χ3v) is 6.89. The maximum Gasteiger partial charge on any atom is 0.342 e. The number of hydrogen-bond donors (Lipinski definition) is 3. The molecule has 0 radical (unpaired) electrons. The van der Waals surface area contributed by atoms with Crippen LogP contribution in [0.15, 0.2) is 138 Å². The van der Waals surface area contributed by atoms with Gasteiger partial charge in [-0.05, 0) is 36.4 Å². The summed E-state index contributed by atoms with van der Waals surface area (Å²) in [5, 5.41) is 29.7. The fourth-order valence-corrected chi connectivity index (χ4v) is 4.34. The lowest BCUT2D eigenvalue weighted by Gasteiger charge is -2.20. The predicted octanol–water partition coefficient (Wildman–Crippen LogP) is 4.99. The molecule has 208 valence electrons. The number of rotatable bonds is 9. The number of carbonyl (C=O) groups excluding carboxylic acids is 1. The molecule has 3 aromatic rings. The van der Waals surface area contributed by atoms with E-state index in [1.54, 1.807) is 66.7 Å². The van der Waals surface area contributed by atoms with E-state index in [9.17, 15) is 13.2 Å². The lowest BCUT2D eigenvalue weighted by Crippen LogP contribution is -2.32. The molecule has 0 aliphatic heterocycles. The summed E-state index contributed by atoms with van der Waals surface area (Å²) in [6, 6.07) is 23.2. The van der Waals surface area contributed by atoms with E-state index < -0.39 is 21.8 Å². The molecule has 0 aromatic heterocycles. The van der Waals surface area contributed by atoms with Crippen LogP contribution in [0, 0.1) is 5.41 Å². The Kier molecular flexibility index (Phi) is 8.86. The minimum absolute atomic E-state index is 0.0151. The number of anilines is 1. The number of methoxy groups -OCH3 is 1. The Morgan fingerprint density at radius 2 is 1.34 bits per heavy atom. The Bertz CT molecular complexity index is 1730. The summed E-state index contributed by atoms with van der Waals surface area (Å²) in [5.41, 5.74) is 8.46. The van der Waals surface area contributed by atoms with E-state index in [-0.39, 0.29) is 39.0 Å². The molecular formula is C27H24N8O5S. The van der Waals surface area contributed by atoms with Gasteiger partial charge in [-0.25, -0.2) is 4.79 Å². The summed E-state index contributed by atoms with van der Waals surface area (Å²) in [5.74, 6) is -0.919. The van der Waals surface area contributed by atoms with Gasteiger partial charge in [-0.2, -0.15) is 23.7 Å². The fraction of sp³-hybridized carbons (Fsp3) is 0.0741. The SMILES string of the molecule is COC(=O)C1=C(/N=N/c2ccccc2)C(N)=C(/N=N/c2ccccc2)C(=N)/C1=N\Nc1ccccc1S(=O)(=O)OC. The first-order chi connectivity index (χ1) is 19.8. The Morgan fingerprint density at radius 1 is 0.805 bits per heavy atom. The summed E-state index contributed by atoms with van der Waals surface area (Å²) in [4.78, 5) is 12.8. The van der Waals surface area contributed by atoms with Crippen LogP contribution in [0.3, 0.4) is 0 Å². The molecule has 3 aromatic carbocycles. The van der Waals surface area contributed by atoms with Crippen LogP contribution in [0.4, 0.5) is 17.1 Å².